The van der Waals surface area contributed by atoms with Gasteiger partial charge in [-0.05, 0) is 12.0 Å². The highest BCUT2D eigenvalue weighted by molar-refractivity contribution is 5.96. The third-order valence-corrected chi connectivity index (χ3v) is 3.20. The number of hydrogen-bond acceptors (Lipinski definition) is 3. The van der Waals surface area contributed by atoms with Gasteiger partial charge >= 0.3 is 0 Å². The van der Waals surface area contributed by atoms with Gasteiger partial charge < -0.3 is 10.5 Å². The maximum absolute atomic E-state index is 9.04. The van der Waals surface area contributed by atoms with Crippen LogP contribution in [0.2, 0.25) is 0 Å². The second-order valence-electron chi connectivity index (χ2n) is 3.85. The minimum Gasteiger partial charge on any atom is -0.411 e. The number of nitrogens with one attached hydrogen (secondary N) is 1. The number of oxime groups is 1. The lowest BCUT2D eigenvalue weighted by atomic mass is 9.84. The van der Waals surface area contributed by atoms with Gasteiger partial charge in [0.2, 0.25) is 0 Å². The van der Waals surface area contributed by atoms with Crippen LogP contribution in [0.4, 0.5) is 0 Å². The van der Waals surface area contributed by atoms with Crippen molar-refractivity contribution in [3.05, 3.63) is 35.9 Å². The van der Waals surface area contributed by atoms with Crippen LogP contribution in [-0.4, -0.2) is 17.5 Å². The molecule has 0 aliphatic carbocycles. The lowest BCUT2D eigenvalue weighted by Gasteiger charge is -2.28. The minimum absolute atomic E-state index is 0.254. The first kappa shape index (κ1) is 10.2. The standard InChI is InChI=1S/C12H16N2O/c1-2-12(10-6-4-3-5-7-10)11(14-15)8-9-13-12/h3-7,13,15H,2,8-9H2,1H3/b14-11+. The quantitative estimate of drug-likeness (QED) is 0.572. The van der Waals surface area contributed by atoms with Gasteiger partial charge in [0.25, 0.3) is 0 Å². The fourth-order valence-electron chi connectivity index (χ4n) is 2.37. The monoisotopic (exact) mass is 204 g/mol. The molecule has 0 spiro atoms. The van der Waals surface area contributed by atoms with Crippen LogP contribution in [0.5, 0.6) is 0 Å². The summed E-state index contributed by atoms with van der Waals surface area (Å²) in [6.07, 6.45) is 1.72. The van der Waals surface area contributed by atoms with E-state index in [1.807, 2.05) is 18.2 Å². The summed E-state index contributed by atoms with van der Waals surface area (Å²) in [6.45, 7) is 2.98. The van der Waals surface area contributed by atoms with E-state index in [2.05, 4.69) is 29.5 Å². The number of benzene rings is 1. The molecule has 1 aliphatic rings. The normalized spacial score (nSPS) is 28.5. The van der Waals surface area contributed by atoms with Crippen LogP contribution in [-0.2, 0) is 5.54 Å². The Labute approximate surface area is 89.8 Å². The summed E-state index contributed by atoms with van der Waals surface area (Å²) < 4.78 is 0. The highest BCUT2D eigenvalue weighted by Gasteiger charge is 2.39. The Morgan fingerprint density at radius 3 is 2.73 bits per heavy atom. The summed E-state index contributed by atoms with van der Waals surface area (Å²) in [5.74, 6) is 0. The lowest BCUT2D eigenvalue weighted by molar-refractivity contribution is 0.310. The highest BCUT2D eigenvalue weighted by Crippen LogP contribution is 2.31. The topological polar surface area (TPSA) is 44.6 Å². The average molecular weight is 204 g/mol. The molecule has 3 nitrogen and oxygen atoms in total. The highest BCUT2D eigenvalue weighted by atomic mass is 16.4. The van der Waals surface area contributed by atoms with Gasteiger partial charge in [0.05, 0.1) is 11.3 Å². The number of rotatable bonds is 2. The molecule has 0 bridgehead atoms. The van der Waals surface area contributed by atoms with Crippen molar-refractivity contribution in [2.45, 2.75) is 25.3 Å². The van der Waals surface area contributed by atoms with E-state index in [1.165, 1.54) is 5.56 Å². The summed E-state index contributed by atoms with van der Waals surface area (Å²) in [5.41, 5.74) is 1.77. The number of hydrogen-bond donors (Lipinski definition) is 2. The molecule has 1 aromatic rings. The Balaban J connectivity index is 2.46. The third kappa shape index (κ3) is 1.53. The summed E-state index contributed by atoms with van der Waals surface area (Å²) in [5, 5.41) is 15.9. The van der Waals surface area contributed by atoms with Crippen molar-refractivity contribution in [2.75, 3.05) is 6.54 Å². The van der Waals surface area contributed by atoms with E-state index >= 15 is 0 Å². The first-order valence-electron chi connectivity index (χ1n) is 5.35. The molecule has 2 N–H and O–H groups in total. The Hall–Kier alpha value is -1.35. The molecule has 1 aliphatic heterocycles. The SMILES string of the molecule is CCC1(c2ccccc2)NCC/C1=N\O. The average Bonchev–Trinajstić information content (AvgIpc) is 2.74. The van der Waals surface area contributed by atoms with Crippen LogP contribution in [0.1, 0.15) is 25.3 Å². The van der Waals surface area contributed by atoms with Crippen molar-refractivity contribution in [1.29, 1.82) is 0 Å². The first-order valence-corrected chi connectivity index (χ1v) is 5.35. The summed E-state index contributed by atoms with van der Waals surface area (Å²) >= 11 is 0. The summed E-state index contributed by atoms with van der Waals surface area (Å²) in [7, 11) is 0. The molecular weight excluding hydrogens is 188 g/mol. The molecule has 0 saturated carbocycles. The van der Waals surface area contributed by atoms with Gasteiger partial charge in [-0.15, -0.1) is 0 Å². The van der Waals surface area contributed by atoms with Crippen molar-refractivity contribution >= 4 is 5.71 Å². The zero-order chi connectivity index (χ0) is 10.7. The van der Waals surface area contributed by atoms with E-state index in [-0.39, 0.29) is 5.54 Å². The molecule has 1 saturated heterocycles. The second-order valence-corrected chi connectivity index (χ2v) is 3.85. The molecule has 1 unspecified atom stereocenters. The molecular formula is C12H16N2O. The van der Waals surface area contributed by atoms with Gasteiger partial charge in [0.15, 0.2) is 0 Å². The predicted molar refractivity (Wildman–Crippen MR) is 60.3 cm³/mol. The second kappa shape index (κ2) is 4.03. The number of nitrogens with zero attached hydrogens (tertiary/aromatic N) is 1. The maximum atomic E-state index is 9.04. The van der Waals surface area contributed by atoms with Crippen molar-refractivity contribution < 1.29 is 5.21 Å². The zero-order valence-corrected chi connectivity index (χ0v) is 8.90. The summed E-state index contributed by atoms with van der Waals surface area (Å²) in [4.78, 5) is 0. The van der Waals surface area contributed by atoms with Crippen LogP contribution in [0.3, 0.4) is 0 Å². The van der Waals surface area contributed by atoms with Crippen molar-refractivity contribution in [2.24, 2.45) is 5.16 Å². The molecule has 80 valence electrons. The molecule has 3 heteroatoms. The van der Waals surface area contributed by atoms with Gasteiger partial charge in [0, 0.05) is 13.0 Å². The van der Waals surface area contributed by atoms with Gasteiger partial charge in [-0.1, -0.05) is 42.4 Å². The first-order chi connectivity index (χ1) is 7.33. The molecule has 0 amide bonds. The fourth-order valence-corrected chi connectivity index (χ4v) is 2.37. The van der Waals surface area contributed by atoms with Gasteiger partial charge in [-0.25, -0.2) is 0 Å². The van der Waals surface area contributed by atoms with E-state index in [0.717, 1.165) is 25.1 Å². The fraction of sp³-hybridized carbons (Fsp3) is 0.417. The predicted octanol–water partition coefficient (Wildman–Crippen LogP) is 2.12. The Kier molecular flexibility index (Phi) is 2.73. The van der Waals surface area contributed by atoms with Gasteiger partial charge in [-0.3, -0.25) is 0 Å². The largest absolute Gasteiger partial charge is 0.411 e. The lowest BCUT2D eigenvalue weighted by Crippen LogP contribution is -2.41. The molecule has 1 heterocycles. The molecule has 15 heavy (non-hydrogen) atoms. The Morgan fingerprint density at radius 1 is 1.40 bits per heavy atom. The minimum atomic E-state index is -0.254. The van der Waals surface area contributed by atoms with Gasteiger partial charge in [0.1, 0.15) is 0 Å². The molecule has 1 atom stereocenters. The molecule has 1 aromatic carbocycles. The van der Waals surface area contributed by atoms with Crippen molar-refractivity contribution in [3.63, 3.8) is 0 Å². The van der Waals surface area contributed by atoms with Crippen molar-refractivity contribution in [1.82, 2.24) is 5.32 Å². The van der Waals surface area contributed by atoms with E-state index < -0.39 is 0 Å². The van der Waals surface area contributed by atoms with Crippen LogP contribution in [0, 0.1) is 0 Å². The summed E-state index contributed by atoms with van der Waals surface area (Å²) in [6, 6.07) is 10.2. The third-order valence-electron chi connectivity index (χ3n) is 3.20. The van der Waals surface area contributed by atoms with Gasteiger partial charge in [-0.2, -0.15) is 0 Å². The van der Waals surface area contributed by atoms with E-state index in [0.29, 0.717) is 0 Å². The Bertz CT molecular complexity index is 361. The van der Waals surface area contributed by atoms with Crippen molar-refractivity contribution in [3.8, 4) is 0 Å². The van der Waals surface area contributed by atoms with Crippen LogP contribution >= 0.6 is 0 Å². The van der Waals surface area contributed by atoms with E-state index in [1.54, 1.807) is 0 Å². The smallest absolute Gasteiger partial charge is 0.0855 e. The van der Waals surface area contributed by atoms with Crippen LogP contribution in [0.25, 0.3) is 0 Å². The van der Waals surface area contributed by atoms with E-state index in [4.69, 9.17) is 5.21 Å². The van der Waals surface area contributed by atoms with Crippen LogP contribution < -0.4 is 5.32 Å². The zero-order valence-electron chi connectivity index (χ0n) is 8.90. The maximum Gasteiger partial charge on any atom is 0.0855 e. The molecule has 2 rings (SSSR count). The molecule has 0 aromatic heterocycles. The molecule has 1 fully saturated rings. The molecule has 0 radical (unpaired) electrons. The van der Waals surface area contributed by atoms with Crippen LogP contribution in [0.15, 0.2) is 35.5 Å². The Morgan fingerprint density at radius 2 is 2.13 bits per heavy atom. The van der Waals surface area contributed by atoms with E-state index in [9.17, 15) is 0 Å².